The molecular weight excluding hydrogens is 478 g/mol. The number of hydrogen-bond donors (Lipinski definition) is 1. The molecule has 1 fully saturated rings. The van der Waals surface area contributed by atoms with Crippen molar-refractivity contribution in [2.24, 2.45) is 5.92 Å². The molecule has 0 bridgehead atoms. The second-order valence-corrected chi connectivity index (χ2v) is 11.1. The van der Waals surface area contributed by atoms with Crippen molar-refractivity contribution in [3.63, 3.8) is 0 Å². The van der Waals surface area contributed by atoms with Gasteiger partial charge in [-0.15, -0.1) is 0 Å². The van der Waals surface area contributed by atoms with Crippen molar-refractivity contribution in [2.45, 2.75) is 59.5 Å². The molecule has 0 radical (unpaired) electrons. The molecule has 8 heteroatoms. The van der Waals surface area contributed by atoms with E-state index in [0.29, 0.717) is 29.4 Å². The van der Waals surface area contributed by atoms with E-state index in [1.807, 2.05) is 69.4 Å². The first-order valence-electron chi connectivity index (χ1n) is 13.3. The fourth-order valence-corrected chi connectivity index (χ4v) is 4.73. The zero-order valence-corrected chi connectivity index (χ0v) is 23.1. The van der Waals surface area contributed by atoms with Crippen LogP contribution < -0.4 is 15.1 Å². The van der Waals surface area contributed by atoms with Gasteiger partial charge in [-0.2, -0.15) is 5.10 Å². The number of carbonyl (C=O) groups excluding carboxylic acids is 2. The molecule has 0 unspecified atom stereocenters. The lowest BCUT2D eigenvalue weighted by Crippen LogP contribution is -2.46. The lowest BCUT2D eigenvalue weighted by molar-refractivity contribution is 0.102. The number of piperidine rings is 1. The number of ether oxygens (including phenoxy) is 1. The van der Waals surface area contributed by atoms with Crippen LogP contribution in [0.2, 0.25) is 0 Å². The lowest BCUT2D eigenvalue weighted by Gasteiger charge is -2.35. The molecule has 4 rings (SSSR count). The van der Waals surface area contributed by atoms with Gasteiger partial charge in [0.2, 0.25) is 0 Å². The Morgan fingerprint density at radius 3 is 2.45 bits per heavy atom. The molecule has 2 aromatic carbocycles. The average Bonchev–Trinajstić information content (AvgIpc) is 3.38. The van der Waals surface area contributed by atoms with Crippen LogP contribution in [-0.4, -0.2) is 47.0 Å². The SMILES string of the molecule is Cc1ccc(C(=O)Nc2ccc(N(C(=O)OCCn3cccn3)C(C)(C)C)cc2)c(N2CCC(C)CC2)c1. The maximum Gasteiger partial charge on any atom is 0.414 e. The number of aryl methyl sites for hydroxylation is 1. The molecule has 0 aliphatic carbocycles. The molecular formula is C30H39N5O3. The summed E-state index contributed by atoms with van der Waals surface area (Å²) in [5, 5.41) is 7.17. The first-order chi connectivity index (χ1) is 18.1. The summed E-state index contributed by atoms with van der Waals surface area (Å²) in [5.74, 6) is 0.574. The summed E-state index contributed by atoms with van der Waals surface area (Å²) in [6.07, 6.45) is 5.35. The molecule has 8 nitrogen and oxygen atoms in total. The highest BCUT2D eigenvalue weighted by atomic mass is 16.6. The third-order valence-corrected chi connectivity index (χ3v) is 6.86. The zero-order chi connectivity index (χ0) is 27.3. The van der Waals surface area contributed by atoms with Crippen LogP contribution in [0.5, 0.6) is 0 Å². The number of aromatic nitrogens is 2. The summed E-state index contributed by atoms with van der Waals surface area (Å²) >= 11 is 0. The van der Waals surface area contributed by atoms with Gasteiger partial charge >= 0.3 is 6.09 Å². The second kappa shape index (κ2) is 11.7. The minimum Gasteiger partial charge on any atom is -0.447 e. The summed E-state index contributed by atoms with van der Waals surface area (Å²) in [4.78, 5) is 30.3. The van der Waals surface area contributed by atoms with E-state index >= 15 is 0 Å². The van der Waals surface area contributed by atoms with Crippen LogP contribution in [-0.2, 0) is 11.3 Å². The Labute approximate surface area is 225 Å². The molecule has 1 aliphatic rings. The number of carbonyl (C=O) groups is 2. The number of anilines is 3. The quantitative estimate of drug-likeness (QED) is 0.408. The largest absolute Gasteiger partial charge is 0.447 e. The normalized spacial score (nSPS) is 14.3. The predicted octanol–water partition coefficient (Wildman–Crippen LogP) is 6.12. The lowest BCUT2D eigenvalue weighted by atomic mass is 9.97. The Bertz CT molecular complexity index is 1220. The van der Waals surface area contributed by atoms with Crippen molar-refractivity contribution in [2.75, 3.05) is 34.8 Å². The Hall–Kier alpha value is -3.81. The molecule has 1 saturated heterocycles. The molecule has 38 heavy (non-hydrogen) atoms. The summed E-state index contributed by atoms with van der Waals surface area (Å²) in [5.41, 5.74) is 3.65. The second-order valence-electron chi connectivity index (χ2n) is 11.1. The molecule has 2 amide bonds. The van der Waals surface area contributed by atoms with Gasteiger partial charge in [0.1, 0.15) is 6.61 Å². The Morgan fingerprint density at radius 1 is 1.11 bits per heavy atom. The van der Waals surface area contributed by atoms with Crippen molar-refractivity contribution >= 4 is 29.1 Å². The van der Waals surface area contributed by atoms with Crippen LogP contribution in [0.15, 0.2) is 60.9 Å². The fourth-order valence-electron chi connectivity index (χ4n) is 4.73. The number of rotatable bonds is 7. The molecule has 0 spiro atoms. The first-order valence-corrected chi connectivity index (χ1v) is 13.3. The summed E-state index contributed by atoms with van der Waals surface area (Å²) in [6, 6.07) is 15.1. The van der Waals surface area contributed by atoms with Crippen molar-refractivity contribution in [3.8, 4) is 0 Å². The minimum atomic E-state index is -0.504. The molecule has 1 aliphatic heterocycles. The molecule has 1 aromatic heterocycles. The number of nitrogens with zero attached hydrogens (tertiary/aromatic N) is 4. The maximum atomic E-state index is 13.3. The minimum absolute atomic E-state index is 0.142. The molecule has 0 saturated carbocycles. The van der Waals surface area contributed by atoms with E-state index in [-0.39, 0.29) is 12.5 Å². The van der Waals surface area contributed by atoms with Crippen LogP contribution in [0.4, 0.5) is 21.9 Å². The molecule has 3 aromatic rings. The van der Waals surface area contributed by atoms with E-state index < -0.39 is 11.6 Å². The monoisotopic (exact) mass is 517 g/mol. The van der Waals surface area contributed by atoms with Crippen molar-refractivity contribution in [1.29, 1.82) is 0 Å². The van der Waals surface area contributed by atoms with Gasteiger partial charge in [0.25, 0.3) is 5.91 Å². The molecule has 1 N–H and O–H groups in total. The van der Waals surface area contributed by atoms with Crippen LogP contribution in [0.1, 0.15) is 56.5 Å². The van der Waals surface area contributed by atoms with Crippen molar-refractivity contribution in [3.05, 3.63) is 72.1 Å². The molecule has 2 heterocycles. The highest BCUT2D eigenvalue weighted by molar-refractivity contribution is 6.08. The van der Waals surface area contributed by atoms with Gasteiger partial charge in [-0.25, -0.2) is 4.79 Å². The number of amides is 2. The van der Waals surface area contributed by atoms with Gasteiger partial charge < -0.3 is 15.0 Å². The van der Waals surface area contributed by atoms with E-state index in [4.69, 9.17) is 4.74 Å². The molecule has 0 atom stereocenters. The van der Waals surface area contributed by atoms with Gasteiger partial charge in [-0.3, -0.25) is 14.4 Å². The average molecular weight is 518 g/mol. The standard InChI is InChI=1S/C30H39N5O3/c1-22-13-17-33(18-14-22)27-21-23(2)7-12-26(27)28(36)32-24-8-10-25(11-9-24)35(30(3,4)5)29(37)38-20-19-34-16-6-15-31-34/h6-12,15-16,21-22H,13-14,17-20H2,1-5H3,(H,32,36). The van der Waals surface area contributed by atoms with Crippen molar-refractivity contribution in [1.82, 2.24) is 9.78 Å². The van der Waals surface area contributed by atoms with Gasteiger partial charge in [0.15, 0.2) is 0 Å². The zero-order valence-electron chi connectivity index (χ0n) is 23.1. The Balaban J connectivity index is 1.45. The number of nitrogens with one attached hydrogen (secondary N) is 1. The van der Waals surface area contributed by atoms with Gasteiger partial charge in [-0.1, -0.05) is 13.0 Å². The fraction of sp³-hybridized carbons (Fsp3) is 0.433. The smallest absolute Gasteiger partial charge is 0.414 e. The van der Waals surface area contributed by atoms with Crippen molar-refractivity contribution < 1.29 is 14.3 Å². The van der Waals surface area contributed by atoms with Gasteiger partial charge in [0, 0.05) is 48.1 Å². The number of benzene rings is 2. The topological polar surface area (TPSA) is 79.7 Å². The van der Waals surface area contributed by atoms with Crippen LogP contribution >= 0.6 is 0 Å². The van der Waals surface area contributed by atoms with E-state index in [1.165, 1.54) is 0 Å². The predicted molar refractivity (Wildman–Crippen MR) is 152 cm³/mol. The van der Waals surface area contributed by atoms with E-state index in [1.54, 1.807) is 15.8 Å². The highest BCUT2D eigenvalue weighted by Crippen LogP contribution is 2.29. The van der Waals surface area contributed by atoms with Crippen LogP contribution in [0, 0.1) is 12.8 Å². The summed E-state index contributed by atoms with van der Waals surface area (Å²) < 4.78 is 7.27. The van der Waals surface area contributed by atoms with Crippen LogP contribution in [0.3, 0.4) is 0 Å². The van der Waals surface area contributed by atoms with E-state index in [2.05, 4.69) is 35.2 Å². The highest BCUT2D eigenvalue weighted by Gasteiger charge is 2.29. The van der Waals surface area contributed by atoms with E-state index in [0.717, 1.165) is 37.2 Å². The summed E-state index contributed by atoms with van der Waals surface area (Å²) in [7, 11) is 0. The van der Waals surface area contributed by atoms with Crippen LogP contribution in [0.25, 0.3) is 0 Å². The van der Waals surface area contributed by atoms with Gasteiger partial charge in [-0.05, 0) is 94.5 Å². The molecule has 202 valence electrons. The Kier molecular flexibility index (Phi) is 8.39. The van der Waals surface area contributed by atoms with Gasteiger partial charge in [0.05, 0.1) is 12.1 Å². The third kappa shape index (κ3) is 6.73. The maximum absolute atomic E-state index is 13.3. The third-order valence-electron chi connectivity index (χ3n) is 6.86. The number of hydrogen-bond acceptors (Lipinski definition) is 5. The summed E-state index contributed by atoms with van der Waals surface area (Å²) in [6.45, 7) is 12.8. The Morgan fingerprint density at radius 2 is 1.82 bits per heavy atom. The van der Waals surface area contributed by atoms with E-state index in [9.17, 15) is 9.59 Å². The first kappa shape index (κ1) is 27.2.